The topological polar surface area (TPSA) is 72.2 Å². The molecule has 1 aromatic heterocycles. The fraction of sp³-hybridized carbons (Fsp3) is 0.800. The molecular formula is C25H36N2O3. The number of carbonyl (C=O) groups is 2. The molecule has 4 aliphatic rings. The van der Waals surface area contributed by atoms with Crippen molar-refractivity contribution in [3.8, 4) is 0 Å². The van der Waals surface area contributed by atoms with Crippen LogP contribution in [-0.2, 0) is 11.3 Å². The van der Waals surface area contributed by atoms with E-state index in [1.807, 2.05) is 0 Å². The second-order valence-corrected chi connectivity index (χ2v) is 11.3. The van der Waals surface area contributed by atoms with Crippen molar-refractivity contribution in [2.75, 3.05) is 0 Å². The summed E-state index contributed by atoms with van der Waals surface area (Å²) in [6.07, 6.45) is 14.2. The Labute approximate surface area is 179 Å². The Hall–Kier alpha value is -1.49. The van der Waals surface area contributed by atoms with Crippen molar-refractivity contribution in [2.24, 2.45) is 40.4 Å². The zero-order valence-corrected chi connectivity index (χ0v) is 18.4. The zero-order valence-electron chi connectivity index (χ0n) is 18.4. The smallest absolute Gasteiger partial charge is 0.185 e. The highest BCUT2D eigenvalue weighted by Gasteiger charge is 2.61. The summed E-state index contributed by atoms with van der Waals surface area (Å²) in [6, 6.07) is 0. The van der Waals surface area contributed by atoms with Gasteiger partial charge in [0.15, 0.2) is 17.9 Å². The lowest BCUT2D eigenvalue weighted by molar-refractivity contribution is -0.140. The molecule has 5 rings (SSSR count). The Morgan fingerprint density at radius 3 is 2.70 bits per heavy atom. The molecule has 8 atom stereocenters. The van der Waals surface area contributed by atoms with Crippen LogP contribution in [-0.4, -0.2) is 32.8 Å². The summed E-state index contributed by atoms with van der Waals surface area (Å²) in [7, 11) is 0. The van der Waals surface area contributed by atoms with Gasteiger partial charge in [-0.05, 0) is 92.3 Å². The molecule has 4 fully saturated rings. The fourth-order valence-electron chi connectivity index (χ4n) is 8.61. The predicted molar refractivity (Wildman–Crippen MR) is 114 cm³/mol. The first-order valence-corrected chi connectivity index (χ1v) is 12.0. The predicted octanol–water partition coefficient (Wildman–Crippen LogP) is 4.28. The maximum Gasteiger partial charge on any atom is 0.185 e. The number of aromatic nitrogens is 2. The normalized spacial score (nSPS) is 45.3. The van der Waals surface area contributed by atoms with Crippen molar-refractivity contribution < 1.29 is 14.7 Å². The number of carbonyl (C=O) groups excluding carboxylic acids is 2. The van der Waals surface area contributed by atoms with Gasteiger partial charge in [-0.1, -0.05) is 13.8 Å². The molecule has 0 bridgehead atoms. The first-order chi connectivity index (χ1) is 14.4. The molecule has 4 saturated carbocycles. The maximum absolute atomic E-state index is 13.3. The Morgan fingerprint density at radius 2 is 1.90 bits per heavy atom. The number of ketones is 1. The van der Waals surface area contributed by atoms with E-state index >= 15 is 0 Å². The van der Waals surface area contributed by atoms with Crippen LogP contribution >= 0.6 is 0 Å². The maximum atomic E-state index is 13.3. The van der Waals surface area contributed by atoms with Gasteiger partial charge in [-0.15, -0.1) is 0 Å². The quantitative estimate of drug-likeness (QED) is 0.749. The van der Waals surface area contributed by atoms with E-state index in [0.29, 0.717) is 23.1 Å². The summed E-state index contributed by atoms with van der Waals surface area (Å²) in [4.78, 5) is 28.6. The molecule has 0 aliphatic heterocycles. The van der Waals surface area contributed by atoms with Crippen LogP contribution < -0.4 is 0 Å². The molecule has 1 heterocycles. The Kier molecular flexibility index (Phi) is 4.96. The van der Waals surface area contributed by atoms with Crippen molar-refractivity contribution in [3.05, 3.63) is 18.2 Å². The van der Waals surface area contributed by atoms with E-state index in [4.69, 9.17) is 0 Å². The highest BCUT2D eigenvalue weighted by Crippen LogP contribution is 2.67. The van der Waals surface area contributed by atoms with Crippen molar-refractivity contribution in [1.29, 1.82) is 0 Å². The van der Waals surface area contributed by atoms with Crippen LogP contribution in [0.15, 0.2) is 12.4 Å². The third-order valence-electron chi connectivity index (χ3n) is 10.2. The molecule has 1 aromatic rings. The lowest BCUT2D eigenvalue weighted by Gasteiger charge is -2.60. The number of aldehydes is 1. The first kappa shape index (κ1) is 20.4. The summed E-state index contributed by atoms with van der Waals surface area (Å²) < 4.78 is 1.71. The Bertz CT molecular complexity index is 834. The van der Waals surface area contributed by atoms with Gasteiger partial charge in [0, 0.05) is 18.3 Å². The standard InChI is InChI=1S/C25H36N2O3/c1-24-9-7-17(29)13-16(24)3-4-18-19-5-6-21(25(19,2)10-8-20(18)24)22(30)14-27-12-11-26-23(27)15-28/h11-12,15-21,29H,3-10,13-14H2,1-2H3/t16-,17-,18+,19+,20+,21-,24+,25+/m1/s1. The number of fused-ring (bicyclic) bond motifs is 5. The zero-order chi connectivity index (χ0) is 21.1. The van der Waals surface area contributed by atoms with Crippen molar-refractivity contribution in [1.82, 2.24) is 9.55 Å². The van der Waals surface area contributed by atoms with Gasteiger partial charge in [-0.2, -0.15) is 0 Å². The monoisotopic (exact) mass is 412 g/mol. The SMILES string of the molecule is C[C@]12CC[C@@H](O)C[C@H]1CC[C@@H]1[C@@H]2CC[C@]2(C)[C@@H](C(=O)Cn3ccnc3C=O)CC[C@@H]12. The summed E-state index contributed by atoms with van der Waals surface area (Å²) >= 11 is 0. The highest BCUT2D eigenvalue weighted by molar-refractivity contribution is 5.83. The van der Waals surface area contributed by atoms with Gasteiger partial charge in [0.1, 0.15) is 0 Å². The number of hydrogen-bond donors (Lipinski definition) is 1. The second kappa shape index (κ2) is 7.29. The molecule has 30 heavy (non-hydrogen) atoms. The van der Waals surface area contributed by atoms with Crippen LogP contribution in [0.4, 0.5) is 0 Å². The molecule has 0 saturated heterocycles. The lowest BCUT2D eigenvalue weighted by Crippen LogP contribution is -2.54. The van der Waals surface area contributed by atoms with E-state index in [2.05, 4.69) is 18.8 Å². The number of nitrogens with zero attached hydrogens (tertiary/aromatic N) is 2. The van der Waals surface area contributed by atoms with Gasteiger partial charge < -0.3 is 9.67 Å². The molecular weight excluding hydrogens is 376 g/mol. The van der Waals surface area contributed by atoms with E-state index in [1.165, 1.54) is 32.1 Å². The van der Waals surface area contributed by atoms with E-state index in [0.717, 1.165) is 43.8 Å². The third-order valence-corrected chi connectivity index (χ3v) is 10.2. The van der Waals surface area contributed by atoms with E-state index in [-0.39, 0.29) is 29.8 Å². The van der Waals surface area contributed by atoms with Gasteiger partial charge in [0.2, 0.25) is 0 Å². The molecule has 4 aliphatic carbocycles. The lowest BCUT2D eigenvalue weighted by atomic mass is 9.44. The average Bonchev–Trinajstić information content (AvgIpc) is 3.31. The molecule has 164 valence electrons. The van der Waals surface area contributed by atoms with Crippen molar-refractivity contribution >= 4 is 12.1 Å². The molecule has 0 spiro atoms. The Morgan fingerprint density at radius 1 is 1.13 bits per heavy atom. The molecule has 0 amide bonds. The molecule has 5 heteroatoms. The molecule has 0 aromatic carbocycles. The third kappa shape index (κ3) is 2.95. The Balaban J connectivity index is 1.35. The summed E-state index contributed by atoms with van der Waals surface area (Å²) in [6.45, 7) is 5.17. The van der Waals surface area contributed by atoms with Crippen LogP contribution in [0.1, 0.15) is 82.3 Å². The highest BCUT2D eigenvalue weighted by atomic mass is 16.3. The van der Waals surface area contributed by atoms with Crippen LogP contribution in [0, 0.1) is 40.4 Å². The van der Waals surface area contributed by atoms with Gasteiger partial charge in [0.25, 0.3) is 0 Å². The van der Waals surface area contributed by atoms with E-state index < -0.39 is 0 Å². The van der Waals surface area contributed by atoms with Gasteiger partial charge in [-0.25, -0.2) is 4.98 Å². The minimum absolute atomic E-state index is 0.0948. The minimum Gasteiger partial charge on any atom is -0.393 e. The van der Waals surface area contributed by atoms with E-state index in [1.54, 1.807) is 17.0 Å². The van der Waals surface area contributed by atoms with Crippen LogP contribution in [0.2, 0.25) is 0 Å². The molecule has 0 radical (unpaired) electrons. The number of hydrogen-bond acceptors (Lipinski definition) is 4. The van der Waals surface area contributed by atoms with Gasteiger partial charge in [0.05, 0.1) is 12.6 Å². The average molecular weight is 413 g/mol. The summed E-state index contributed by atoms with van der Waals surface area (Å²) in [5, 5.41) is 10.2. The number of aliphatic hydroxyl groups is 1. The number of imidazole rings is 1. The first-order valence-electron chi connectivity index (χ1n) is 12.0. The van der Waals surface area contributed by atoms with Crippen LogP contribution in [0.25, 0.3) is 0 Å². The number of rotatable bonds is 4. The fourth-order valence-corrected chi connectivity index (χ4v) is 8.61. The van der Waals surface area contributed by atoms with Crippen LogP contribution in [0.3, 0.4) is 0 Å². The van der Waals surface area contributed by atoms with E-state index in [9.17, 15) is 14.7 Å². The van der Waals surface area contributed by atoms with Crippen LogP contribution in [0.5, 0.6) is 0 Å². The van der Waals surface area contributed by atoms with Crippen molar-refractivity contribution in [2.45, 2.75) is 84.3 Å². The summed E-state index contributed by atoms with van der Waals surface area (Å²) in [5.74, 6) is 3.53. The second-order valence-electron chi connectivity index (χ2n) is 11.3. The minimum atomic E-state index is -0.0959. The number of Topliss-reactive ketones (excluding diaryl/α,β-unsaturated/α-hetero) is 1. The van der Waals surface area contributed by atoms with Crippen molar-refractivity contribution in [3.63, 3.8) is 0 Å². The molecule has 0 unspecified atom stereocenters. The number of aliphatic hydroxyl groups excluding tert-OH is 1. The molecule has 5 nitrogen and oxygen atoms in total. The molecule has 1 N–H and O–H groups in total. The summed E-state index contributed by atoms with van der Waals surface area (Å²) in [5.41, 5.74) is 0.471. The largest absolute Gasteiger partial charge is 0.393 e. The van der Waals surface area contributed by atoms with Gasteiger partial charge in [-0.3, -0.25) is 9.59 Å². The van der Waals surface area contributed by atoms with Gasteiger partial charge >= 0.3 is 0 Å².